The zero-order valence-electron chi connectivity index (χ0n) is 12.8. The molecule has 2 aliphatic carbocycles. The second kappa shape index (κ2) is 5.37. The Bertz CT molecular complexity index is 586. The highest BCUT2D eigenvalue weighted by atomic mass is 14.5. The maximum atomic E-state index is 2.40. The van der Waals surface area contributed by atoms with Crippen molar-refractivity contribution in [1.29, 1.82) is 0 Å². The quantitative estimate of drug-likeness (QED) is 0.727. The highest BCUT2D eigenvalue weighted by Gasteiger charge is 2.48. The van der Waals surface area contributed by atoms with Crippen molar-refractivity contribution in [2.24, 2.45) is 11.8 Å². The van der Waals surface area contributed by atoms with E-state index >= 15 is 0 Å². The monoisotopic (exact) mass is 274 g/mol. The van der Waals surface area contributed by atoms with Crippen LogP contribution in [0, 0.1) is 11.8 Å². The first-order valence-corrected chi connectivity index (χ1v) is 8.43. The van der Waals surface area contributed by atoms with Gasteiger partial charge in [0.15, 0.2) is 0 Å². The molecule has 0 nitrogen and oxygen atoms in total. The third kappa shape index (κ3) is 2.33. The van der Waals surface area contributed by atoms with Crippen LogP contribution in [0.25, 0.3) is 0 Å². The minimum atomic E-state index is 0.731. The van der Waals surface area contributed by atoms with Crippen molar-refractivity contribution in [3.63, 3.8) is 0 Å². The molecule has 0 saturated heterocycles. The molecule has 2 aliphatic rings. The van der Waals surface area contributed by atoms with E-state index in [2.05, 4.69) is 68.5 Å². The number of rotatable bonds is 3. The molecule has 0 aromatic heterocycles. The first-order valence-electron chi connectivity index (χ1n) is 8.43. The van der Waals surface area contributed by atoms with E-state index in [1.165, 1.54) is 24.8 Å². The Morgan fingerprint density at radius 1 is 0.714 bits per heavy atom. The van der Waals surface area contributed by atoms with Gasteiger partial charge in [-0.1, -0.05) is 79.3 Å². The van der Waals surface area contributed by atoms with E-state index < -0.39 is 0 Å². The lowest BCUT2D eigenvalue weighted by molar-refractivity contribution is 0.0776. The predicted molar refractivity (Wildman–Crippen MR) is 91.5 cm³/mol. The van der Waals surface area contributed by atoms with Crippen molar-refractivity contribution in [2.45, 2.75) is 36.9 Å². The zero-order chi connectivity index (χ0) is 14.2. The lowest BCUT2D eigenvalue weighted by atomic mass is 9.49. The van der Waals surface area contributed by atoms with Crippen LogP contribution in [0.15, 0.2) is 60.7 Å². The van der Waals surface area contributed by atoms with E-state index in [0.29, 0.717) is 0 Å². The summed E-state index contributed by atoms with van der Waals surface area (Å²) in [4.78, 5) is 0. The summed E-state index contributed by atoms with van der Waals surface area (Å²) in [5, 5.41) is 0. The largest absolute Gasteiger partial charge is 0.105 e. The van der Waals surface area contributed by atoms with Crippen LogP contribution >= 0.6 is 0 Å². The Labute approximate surface area is 129 Å². The lowest BCUT2D eigenvalue weighted by Crippen LogP contribution is -2.41. The van der Waals surface area contributed by atoms with E-state index in [1.807, 2.05) is 0 Å². The average molecular weight is 274 g/mol. The van der Waals surface area contributed by atoms with Gasteiger partial charge in [0.1, 0.15) is 7.85 Å². The predicted octanol–water partition coefficient (Wildman–Crippen LogP) is 4.41. The lowest BCUT2D eigenvalue weighted by Gasteiger charge is -2.53. The Hall–Kier alpha value is -1.50. The summed E-state index contributed by atoms with van der Waals surface area (Å²) in [5.74, 6) is 4.32. The van der Waals surface area contributed by atoms with Gasteiger partial charge in [0, 0.05) is 0 Å². The molecule has 0 heterocycles. The minimum Gasteiger partial charge on any atom is -0.0692 e. The van der Waals surface area contributed by atoms with Gasteiger partial charge in [0.05, 0.1) is 0 Å². The molecular formula is C20H23B. The SMILES string of the molecule is BC1CC(C2CC(c3ccccc3)C2c2ccccc2)C1. The van der Waals surface area contributed by atoms with Gasteiger partial charge < -0.3 is 0 Å². The normalized spacial score (nSPS) is 34.8. The fraction of sp³-hybridized carbons (Fsp3) is 0.400. The van der Waals surface area contributed by atoms with Crippen LogP contribution in [0.2, 0.25) is 5.82 Å². The molecule has 0 N–H and O–H groups in total. The summed E-state index contributed by atoms with van der Waals surface area (Å²) in [6.07, 6.45) is 4.30. The highest BCUT2D eigenvalue weighted by molar-refractivity contribution is 6.12. The molecule has 2 aromatic rings. The van der Waals surface area contributed by atoms with E-state index in [9.17, 15) is 0 Å². The van der Waals surface area contributed by atoms with Crippen LogP contribution in [0.3, 0.4) is 0 Å². The van der Waals surface area contributed by atoms with Crippen molar-refractivity contribution < 1.29 is 0 Å². The van der Waals surface area contributed by atoms with E-state index in [1.54, 1.807) is 5.56 Å². The fourth-order valence-corrected chi connectivity index (χ4v) is 4.69. The third-order valence-corrected chi connectivity index (χ3v) is 5.85. The molecule has 2 fully saturated rings. The molecule has 0 radical (unpaired) electrons. The molecule has 4 rings (SSSR count). The topological polar surface area (TPSA) is 0 Å². The fourth-order valence-electron chi connectivity index (χ4n) is 4.69. The number of hydrogen-bond acceptors (Lipinski definition) is 0. The van der Waals surface area contributed by atoms with Gasteiger partial charge in [-0.2, -0.15) is 0 Å². The van der Waals surface area contributed by atoms with Crippen molar-refractivity contribution >= 4 is 7.85 Å². The maximum absolute atomic E-state index is 2.40. The first-order chi connectivity index (χ1) is 10.3. The molecule has 1 heteroatoms. The summed E-state index contributed by atoms with van der Waals surface area (Å²) < 4.78 is 0. The second-order valence-corrected chi connectivity index (χ2v) is 7.19. The summed E-state index contributed by atoms with van der Waals surface area (Å²) in [5.41, 5.74) is 3.09. The molecule has 0 bridgehead atoms. The van der Waals surface area contributed by atoms with Crippen LogP contribution in [0.1, 0.15) is 42.2 Å². The second-order valence-electron chi connectivity index (χ2n) is 7.19. The molecule has 106 valence electrons. The first kappa shape index (κ1) is 13.2. The zero-order valence-corrected chi connectivity index (χ0v) is 12.8. The average Bonchev–Trinajstić information content (AvgIpc) is 2.47. The van der Waals surface area contributed by atoms with E-state index in [4.69, 9.17) is 0 Å². The molecule has 3 atom stereocenters. The Balaban J connectivity index is 1.61. The standard InChI is InChI=1S/C20H23B/c21-17-11-16(12-17)19-13-18(14-7-3-1-4-8-14)20(19)15-9-5-2-6-10-15/h1-10,16-20H,11-13,21H2. The van der Waals surface area contributed by atoms with Gasteiger partial charge in [0.2, 0.25) is 0 Å². The van der Waals surface area contributed by atoms with Crippen LogP contribution in [0.4, 0.5) is 0 Å². The van der Waals surface area contributed by atoms with Crippen LogP contribution in [-0.2, 0) is 0 Å². The Morgan fingerprint density at radius 2 is 1.29 bits per heavy atom. The van der Waals surface area contributed by atoms with Crippen molar-refractivity contribution in [1.82, 2.24) is 0 Å². The smallest absolute Gasteiger partial charge is 0.0692 e. The third-order valence-electron chi connectivity index (χ3n) is 5.85. The van der Waals surface area contributed by atoms with Crippen molar-refractivity contribution in [2.75, 3.05) is 0 Å². The summed E-state index contributed by atoms with van der Waals surface area (Å²) in [6.45, 7) is 0. The molecule has 0 aliphatic heterocycles. The molecule has 3 unspecified atom stereocenters. The summed E-state index contributed by atoms with van der Waals surface area (Å²) in [7, 11) is 2.40. The van der Waals surface area contributed by atoms with Crippen LogP contribution in [0.5, 0.6) is 0 Å². The Kier molecular flexibility index (Phi) is 3.37. The van der Waals surface area contributed by atoms with Gasteiger partial charge in [0.25, 0.3) is 0 Å². The van der Waals surface area contributed by atoms with Gasteiger partial charge in [-0.3, -0.25) is 0 Å². The molecular weight excluding hydrogens is 251 g/mol. The van der Waals surface area contributed by atoms with Crippen molar-refractivity contribution in [3.05, 3.63) is 71.8 Å². The van der Waals surface area contributed by atoms with Crippen LogP contribution in [-0.4, -0.2) is 7.85 Å². The van der Waals surface area contributed by atoms with Crippen molar-refractivity contribution in [3.8, 4) is 0 Å². The van der Waals surface area contributed by atoms with Crippen LogP contribution < -0.4 is 0 Å². The minimum absolute atomic E-state index is 0.731. The number of hydrogen-bond donors (Lipinski definition) is 0. The van der Waals surface area contributed by atoms with Gasteiger partial charge >= 0.3 is 0 Å². The van der Waals surface area contributed by atoms with E-state index in [-0.39, 0.29) is 0 Å². The van der Waals surface area contributed by atoms with Gasteiger partial charge in [-0.25, -0.2) is 0 Å². The molecule has 0 amide bonds. The van der Waals surface area contributed by atoms with E-state index in [0.717, 1.165) is 29.5 Å². The van der Waals surface area contributed by atoms with Gasteiger partial charge in [-0.05, 0) is 41.2 Å². The van der Waals surface area contributed by atoms with Gasteiger partial charge in [-0.15, -0.1) is 0 Å². The Morgan fingerprint density at radius 3 is 1.86 bits per heavy atom. The highest BCUT2D eigenvalue weighted by Crippen LogP contribution is 2.60. The summed E-state index contributed by atoms with van der Waals surface area (Å²) >= 11 is 0. The maximum Gasteiger partial charge on any atom is 0.105 e. The summed E-state index contributed by atoms with van der Waals surface area (Å²) in [6, 6.07) is 22.4. The molecule has 2 saturated carbocycles. The molecule has 0 spiro atoms. The molecule has 2 aromatic carbocycles. The molecule has 21 heavy (non-hydrogen) atoms. The number of benzene rings is 2.